The molecule has 2 aromatic heterocycles. The summed E-state index contributed by atoms with van der Waals surface area (Å²) in [6, 6.07) is 25.8. The molecule has 1 amide bonds. The molecule has 5 rings (SSSR count). The molecule has 0 spiro atoms. The molecular formula is C28H25N7OS. The van der Waals surface area contributed by atoms with E-state index in [1.807, 2.05) is 104 Å². The number of thiazole rings is 1. The fourth-order valence-electron chi connectivity index (χ4n) is 3.85. The molecule has 0 atom stereocenters. The van der Waals surface area contributed by atoms with Crippen molar-refractivity contribution in [2.24, 2.45) is 15.9 Å². The van der Waals surface area contributed by atoms with Gasteiger partial charge < -0.3 is 11.5 Å². The van der Waals surface area contributed by atoms with Gasteiger partial charge in [0, 0.05) is 23.0 Å². The zero-order valence-corrected chi connectivity index (χ0v) is 21.2. The number of para-hydroxylation sites is 1. The molecule has 0 fully saturated rings. The maximum Gasteiger partial charge on any atom is 0.262 e. The van der Waals surface area contributed by atoms with Gasteiger partial charge in [-0.15, -0.1) is 5.10 Å². The predicted molar refractivity (Wildman–Crippen MR) is 148 cm³/mol. The number of aromatic nitrogens is 3. The van der Waals surface area contributed by atoms with Crippen LogP contribution in [0.2, 0.25) is 0 Å². The monoisotopic (exact) mass is 507 g/mol. The summed E-state index contributed by atoms with van der Waals surface area (Å²) >= 11 is 1.09. The molecule has 9 heteroatoms. The van der Waals surface area contributed by atoms with Gasteiger partial charge in [0.25, 0.3) is 5.91 Å². The lowest BCUT2D eigenvalue weighted by Gasteiger charge is -2.06. The minimum atomic E-state index is -0.611. The number of amides is 1. The van der Waals surface area contributed by atoms with Gasteiger partial charge >= 0.3 is 0 Å². The van der Waals surface area contributed by atoms with Gasteiger partial charge in [-0.05, 0) is 38.1 Å². The van der Waals surface area contributed by atoms with Crippen molar-refractivity contribution >= 4 is 29.3 Å². The normalized spacial score (nSPS) is 11.9. The Balaban J connectivity index is 1.61. The van der Waals surface area contributed by atoms with Gasteiger partial charge in [0.2, 0.25) is 4.80 Å². The van der Waals surface area contributed by atoms with Crippen LogP contribution in [0.4, 0.5) is 5.82 Å². The van der Waals surface area contributed by atoms with E-state index in [0.717, 1.165) is 50.7 Å². The van der Waals surface area contributed by atoms with Crippen LogP contribution in [0.25, 0.3) is 22.6 Å². The maximum absolute atomic E-state index is 12.0. The number of carbonyl (C=O) groups excluding carboxylic acids is 1. The summed E-state index contributed by atoms with van der Waals surface area (Å²) in [4.78, 5) is 12.6. The van der Waals surface area contributed by atoms with E-state index in [-0.39, 0.29) is 10.7 Å². The van der Waals surface area contributed by atoms with E-state index in [0.29, 0.717) is 4.80 Å². The topological polar surface area (TPSA) is 117 Å². The third-order valence-corrected chi connectivity index (χ3v) is 6.86. The van der Waals surface area contributed by atoms with Crippen LogP contribution in [0.15, 0.2) is 95.3 Å². The highest BCUT2D eigenvalue weighted by Gasteiger charge is 2.17. The van der Waals surface area contributed by atoms with Crippen LogP contribution in [0.5, 0.6) is 0 Å². The standard InChI is InChI=1S/C28H25N7OS/c1-18-8-12-20(13-9-18)24-21(17-34(33-24)22-6-4-3-5-7-22)16-31-32-28-35(23-14-10-19(2)11-15-23)26(29)25(37-28)27(30)36/h3-17H,29H2,1-2H3,(H2,30,36)/b31-16+,32-28-. The van der Waals surface area contributed by atoms with E-state index in [9.17, 15) is 4.79 Å². The summed E-state index contributed by atoms with van der Waals surface area (Å²) in [5, 5.41) is 13.6. The fourth-order valence-corrected chi connectivity index (χ4v) is 4.71. The lowest BCUT2D eigenvalue weighted by Crippen LogP contribution is -2.16. The highest BCUT2D eigenvalue weighted by atomic mass is 32.1. The van der Waals surface area contributed by atoms with Gasteiger partial charge in [-0.3, -0.25) is 9.36 Å². The Morgan fingerprint density at radius 1 is 0.919 bits per heavy atom. The third-order valence-electron chi connectivity index (χ3n) is 5.80. The number of primary amides is 1. The van der Waals surface area contributed by atoms with Crippen molar-refractivity contribution in [1.29, 1.82) is 0 Å². The number of hydrogen-bond acceptors (Lipinski definition) is 6. The molecule has 0 aliphatic carbocycles. The summed E-state index contributed by atoms with van der Waals surface area (Å²) in [5.41, 5.74) is 18.3. The number of rotatable bonds is 6. The molecule has 8 nitrogen and oxygen atoms in total. The quantitative estimate of drug-likeness (QED) is 0.258. The highest BCUT2D eigenvalue weighted by molar-refractivity contribution is 7.12. The summed E-state index contributed by atoms with van der Waals surface area (Å²) in [5.74, 6) is -0.382. The number of benzene rings is 3. The van der Waals surface area contributed by atoms with Crippen molar-refractivity contribution in [3.8, 4) is 22.6 Å². The van der Waals surface area contributed by atoms with E-state index in [4.69, 9.17) is 16.6 Å². The minimum absolute atomic E-state index is 0.228. The van der Waals surface area contributed by atoms with Gasteiger partial charge in [0.15, 0.2) is 0 Å². The Morgan fingerprint density at radius 2 is 1.57 bits per heavy atom. The molecule has 0 aliphatic heterocycles. The van der Waals surface area contributed by atoms with Crippen LogP contribution < -0.4 is 16.3 Å². The van der Waals surface area contributed by atoms with Gasteiger partial charge in [0.05, 0.1) is 11.9 Å². The van der Waals surface area contributed by atoms with Crippen LogP contribution >= 0.6 is 11.3 Å². The molecule has 4 N–H and O–H groups in total. The van der Waals surface area contributed by atoms with Crippen molar-refractivity contribution < 1.29 is 4.79 Å². The van der Waals surface area contributed by atoms with Gasteiger partial charge in [-0.2, -0.15) is 10.2 Å². The molecule has 0 saturated carbocycles. The molecule has 184 valence electrons. The number of nitrogen functional groups attached to an aromatic ring is 1. The lowest BCUT2D eigenvalue weighted by molar-refractivity contribution is 0.100. The number of anilines is 1. The molecule has 5 aromatic rings. The number of aryl methyl sites for hydroxylation is 2. The number of nitrogens with two attached hydrogens (primary N) is 2. The van der Waals surface area contributed by atoms with Crippen molar-refractivity contribution in [3.05, 3.63) is 111 Å². The van der Waals surface area contributed by atoms with Gasteiger partial charge in [-0.25, -0.2) is 4.68 Å². The van der Waals surface area contributed by atoms with Crippen LogP contribution in [0.1, 0.15) is 26.4 Å². The first-order chi connectivity index (χ1) is 17.9. The Bertz CT molecular complexity index is 1660. The summed E-state index contributed by atoms with van der Waals surface area (Å²) in [6.07, 6.45) is 3.57. The smallest absolute Gasteiger partial charge is 0.262 e. The Hall–Kier alpha value is -4.76. The molecule has 0 bridgehead atoms. The molecule has 3 aromatic carbocycles. The van der Waals surface area contributed by atoms with Crippen molar-refractivity contribution in [3.63, 3.8) is 0 Å². The average molecular weight is 508 g/mol. The van der Waals surface area contributed by atoms with E-state index in [2.05, 4.69) is 10.2 Å². The fraction of sp³-hybridized carbons (Fsp3) is 0.0714. The van der Waals surface area contributed by atoms with Crippen LogP contribution in [-0.2, 0) is 0 Å². The lowest BCUT2D eigenvalue weighted by atomic mass is 10.1. The average Bonchev–Trinajstić information content (AvgIpc) is 3.47. The molecule has 2 heterocycles. The van der Waals surface area contributed by atoms with E-state index in [1.165, 1.54) is 0 Å². The summed E-state index contributed by atoms with van der Waals surface area (Å²) in [7, 11) is 0. The Morgan fingerprint density at radius 3 is 2.22 bits per heavy atom. The van der Waals surface area contributed by atoms with E-state index in [1.54, 1.807) is 10.8 Å². The molecule has 0 radical (unpaired) electrons. The summed E-state index contributed by atoms with van der Waals surface area (Å²) in [6.45, 7) is 4.04. The minimum Gasteiger partial charge on any atom is -0.383 e. The summed E-state index contributed by atoms with van der Waals surface area (Å²) < 4.78 is 3.49. The van der Waals surface area contributed by atoms with Crippen molar-refractivity contribution in [1.82, 2.24) is 14.3 Å². The molecule has 0 unspecified atom stereocenters. The second-order valence-corrected chi connectivity index (χ2v) is 9.54. The molecule has 37 heavy (non-hydrogen) atoms. The van der Waals surface area contributed by atoms with Crippen molar-refractivity contribution in [2.75, 3.05) is 5.73 Å². The number of hydrogen-bond donors (Lipinski definition) is 2. The van der Waals surface area contributed by atoms with Crippen LogP contribution in [0.3, 0.4) is 0 Å². The third kappa shape index (κ3) is 4.98. The first kappa shape index (κ1) is 24.0. The zero-order valence-electron chi connectivity index (χ0n) is 20.4. The van der Waals surface area contributed by atoms with Gasteiger partial charge in [-0.1, -0.05) is 77.1 Å². The Kier molecular flexibility index (Phi) is 6.53. The first-order valence-electron chi connectivity index (χ1n) is 11.6. The molecular weight excluding hydrogens is 482 g/mol. The Labute approximate surface area is 217 Å². The molecule has 0 saturated heterocycles. The predicted octanol–water partition coefficient (Wildman–Crippen LogP) is 4.62. The second kappa shape index (κ2) is 10.1. The van der Waals surface area contributed by atoms with Crippen LogP contribution in [-0.4, -0.2) is 26.5 Å². The van der Waals surface area contributed by atoms with Crippen molar-refractivity contribution in [2.45, 2.75) is 13.8 Å². The highest BCUT2D eigenvalue weighted by Crippen LogP contribution is 2.24. The largest absolute Gasteiger partial charge is 0.383 e. The zero-order chi connectivity index (χ0) is 25.9. The SMILES string of the molecule is Cc1ccc(-c2nn(-c3ccccc3)cc2/C=N/N=c2\sc(C(N)=O)c(N)n2-c2ccc(C)cc2)cc1. The molecule has 0 aliphatic rings. The first-order valence-corrected chi connectivity index (χ1v) is 12.4. The van der Waals surface area contributed by atoms with E-state index < -0.39 is 5.91 Å². The number of nitrogens with zero attached hydrogens (tertiary/aromatic N) is 5. The number of carbonyl (C=O) groups is 1. The second-order valence-electron chi connectivity index (χ2n) is 8.56. The van der Waals surface area contributed by atoms with E-state index >= 15 is 0 Å². The van der Waals surface area contributed by atoms with Gasteiger partial charge in [0.1, 0.15) is 16.4 Å². The van der Waals surface area contributed by atoms with Crippen LogP contribution in [0, 0.1) is 13.8 Å². The maximum atomic E-state index is 12.0.